The molecule has 2 rings (SSSR count). The van der Waals surface area contributed by atoms with Gasteiger partial charge >= 0.3 is 0 Å². The highest BCUT2D eigenvalue weighted by atomic mass is 16.5. The molecule has 0 aliphatic carbocycles. The number of rotatable bonds is 9. The van der Waals surface area contributed by atoms with E-state index in [1.54, 1.807) is 4.90 Å². The maximum absolute atomic E-state index is 12.5. The second-order valence-electron chi connectivity index (χ2n) is 6.03. The summed E-state index contributed by atoms with van der Waals surface area (Å²) in [5, 5.41) is 8.82. The molecule has 0 radical (unpaired) electrons. The number of ether oxygens (including phenoxy) is 2. The predicted molar refractivity (Wildman–Crippen MR) is 95.4 cm³/mol. The fourth-order valence-electron chi connectivity index (χ4n) is 2.69. The molecule has 1 heterocycles. The SMILES string of the molecule is CCc1ccc(OCC(=O)N(CCC#N)CCN2CCOCC2)cc1. The lowest BCUT2D eigenvalue weighted by Crippen LogP contribution is -2.44. The molecule has 1 saturated heterocycles. The Bertz CT molecular complexity index is 562. The van der Waals surface area contributed by atoms with Crippen molar-refractivity contribution >= 4 is 5.91 Å². The average molecular weight is 345 g/mol. The minimum atomic E-state index is -0.0805. The fraction of sp³-hybridized carbons (Fsp3) is 0.579. The summed E-state index contributed by atoms with van der Waals surface area (Å²) in [5.41, 5.74) is 1.24. The third-order valence-electron chi connectivity index (χ3n) is 4.33. The van der Waals surface area contributed by atoms with Crippen molar-refractivity contribution in [2.75, 3.05) is 52.5 Å². The van der Waals surface area contributed by atoms with Crippen LogP contribution in [0.3, 0.4) is 0 Å². The molecule has 1 amide bonds. The zero-order chi connectivity index (χ0) is 17.9. The van der Waals surface area contributed by atoms with E-state index in [9.17, 15) is 4.79 Å². The molecule has 1 aliphatic heterocycles. The van der Waals surface area contributed by atoms with Gasteiger partial charge in [0.15, 0.2) is 6.61 Å². The molecule has 0 N–H and O–H groups in total. The van der Waals surface area contributed by atoms with Crippen molar-refractivity contribution < 1.29 is 14.3 Å². The highest BCUT2D eigenvalue weighted by molar-refractivity contribution is 5.77. The van der Waals surface area contributed by atoms with E-state index in [2.05, 4.69) is 17.9 Å². The van der Waals surface area contributed by atoms with Crippen LogP contribution in [-0.2, 0) is 16.0 Å². The second kappa shape index (κ2) is 10.7. The third kappa shape index (κ3) is 6.73. The number of hydrogen-bond donors (Lipinski definition) is 0. The average Bonchev–Trinajstić information content (AvgIpc) is 2.67. The highest BCUT2D eigenvalue weighted by Gasteiger charge is 2.17. The van der Waals surface area contributed by atoms with Crippen LogP contribution in [0.5, 0.6) is 5.75 Å². The molecule has 1 fully saturated rings. The number of nitriles is 1. The molecule has 25 heavy (non-hydrogen) atoms. The Morgan fingerprint density at radius 3 is 2.64 bits per heavy atom. The first kappa shape index (κ1) is 19.2. The van der Waals surface area contributed by atoms with Gasteiger partial charge in [0.1, 0.15) is 5.75 Å². The van der Waals surface area contributed by atoms with Gasteiger partial charge in [0.05, 0.1) is 25.7 Å². The van der Waals surface area contributed by atoms with Gasteiger partial charge in [-0.25, -0.2) is 0 Å². The Balaban J connectivity index is 1.82. The van der Waals surface area contributed by atoms with Crippen molar-refractivity contribution in [1.82, 2.24) is 9.80 Å². The molecule has 0 saturated carbocycles. The lowest BCUT2D eigenvalue weighted by molar-refractivity contribution is -0.133. The van der Waals surface area contributed by atoms with Gasteiger partial charge in [0.2, 0.25) is 0 Å². The zero-order valence-corrected chi connectivity index (χ0v) is 14.9. The Labute approximate surface area is 149 Å². The van der Waals surface area contributed by atoms with E-state index in [1.807, 2.05) is 24.3 Å². The lowest BCUT2D eigenvalue weighted by atomic mass is 10.2. The van der Waals surface area contributed by atoms with Gasteiger partial charge < -0.3 is 14.4 Å². The molecule has 0 atom stereocenters. The number of carbonyl (C=O) groups excluding carboxylic acids is 1. The number of benzene rings is 1. The Hall–Kier alpha value is -2.10. The molecule has 6 heteroatoms. The molecule has 0 aromatic heterocycles. The zero-order valence-electron chi connectivity index (χ0n) is 14.9. The molecule has 0 spiro atoms. The van der Waals surface area contributed by atoms with E-state index in [0.717, 1.165) is 39.3 Å². The molecular weight excluding hydrogens is 318 g/mol. The van der Waals surface area contributed by atoms with Crippen molar-refractivity contribution in [3.8, 4) is 11.8 Å². The third-order valence-corrected chi connectivity index (χ3v) is 4.33. The van der Waals surface area contributed by atoms with Crippen LogP contribution in [0.15, 0.2) is 24.3 Å². The molecule has 1 aliphatic rings. The van der Waals surface area contributed by atoms with Crippen molar-refractivity contribution in [3.63, 3.8) is 0 Å². The van der Waals surface area contributed by atoms with Crippen LogP contribution in [-0.4, -0.2) is 68.3 Å². The Morgan fingerprint density at radius 1 is 1.28 bits per heavy atom. The highest BCUT2D eigenvalue weighted by Crippen LogP contribution is 2.12. The monoisotopic (exact) mass is 345 g/mol. The summed E-state index contributed by atoms with van der Waals surface area (Å²) >= 11 is 0. The van der Waals surface area contributed by atoms with Crippen LogP contribution >= 0.6 is 0 Å². The van der Waals surface area contributed by atoms with Crippen LogP contribution < -0.4 is 4.74 Å². The fourth-order valence-corrected chi connectivity index (χ4v) is 2.69. The van der Waals surface area contributed by atoms with Crippen molar-refractivity contribution in [2.45, 2.75) is 19.8 Å². The van der Waals surface area contributed by atoms with Gasteiger partial charge in [0, 0.05) is 32.7 Å². The minimum absolute atomic E-state index is 0.0000113. The minimum Gasteiger partial charge on any atom is -0.484 e. The standard InChI is InChI=1S/C19H27N3O3/c1-2-17-4-6-18(7-5-17)25-16-19(23)22(9-3-8-20)11-10-21-12-14-24-15-13-21/h4-7H,2-3,9-16H2,1H3. The predicted octanol–water partition coefficient (Wildman–Crippen LogP) is 1.70. The molecule has 0 unspecified atom stereocenters. The number of nitrogens with zero attached hydrogens (tertiary/aromatic N) is 3. The molecule has 1 aromatic carbocycles. The maximum atomic E-state index is 12.5. The van der Waals surface area contributed by atoms with Crippen molar-refractivity contribution in [1.29, 1.82) is 5.26 Å². The van der Waals surface area contributed by atoms with Crippen LogP contribution in [0, 0.1) is 11.3 Å². The molecular formula is C19H27N3O3. The first-order valence-corrected chi connectivity index (χ1v) is 8.89. The Kier molecular flexibility index (Phi) is 8.23. The Morgan fingerprint density at radius 2 is 2.00 bits per heavy atom. The summed E-state index contributed by atoms with van der Waals surface area (Å²) in [6.45, 7) is 7.20. The van der Waals surface area contributed by atoms with Gasteiger partial charge in [-0.05, 0) is 24.1 Å². The van der Waals surface area contributed by atoms with Crippen LogP contribution in [0.25, 0.3) is 0 Å². The smallest absolute Gasteiger partial charge is 0.260 e. The largest absolute Gasteiger partial charge is 0.484 e. The molecule has 1 aromatic rings. The van der Waals surface area contributed by atoms with E-state index in [-0.39, 0.29) is 12.5 Å². The summed E-state index contributed by atoms with van der Waals surface area (Å²) < 4.78 is 10.9. The van der Waals surface area contributed by atoms with Crippen LogP contribution in [0.2, 0.25) is 0 Å². The summed E-state index contributed by atoms with van der Waals surface area (Å²) in [4.78, 5) is 16.5. The normalized spacial score (nSPS) is 14.7. The summed E-state index contributed by atoms with van der Waals surface area (Å²) in [6.07, 6.45) is 1.31. The summed E-state index contributed by atoms with van der Waals surface area (Å²) in [7, 11) is 0. The van der Waals surface area contributed by atoms with Crippen molar-refractivity contribution in [3.05, 3.63) is 29.8 Å². The molecule has 0 bridgehead atoms. The first-order valence-electron chi connectivity index (χ1n) is 8.89. The summed E-state index contributed by atoms with van der Waals surface area (Å²) in [5.74, 6) is 0.613. The van der Waals surface area contributed by atoms with Gasteiger partial charge in [-0.1, -0.05) is 19.1 Å². The first-order chi connectivity index (χ1) is 12.2. The van der Waals surface area contributed by atoms with Crippen LogP contribution in [0.4, 0.5) is 0 Å². The van der Waals surface area contributed by atoms with Gasteiger partial charge in [-0.2, -0.15) is 5.26 Å². The molecule has 6 nitrogen and oxygen atoms in total. The van der Waals surface area contributed by atoms with E-state index >= 15 is 0 Å². The lowest BCUT2D eigenvalue weighted by Gasteiger charge is -2.29. The number of amides is 1. The number of hydrogen-bond acceptors (Lipinski definition) is 5. The summed E-state index contributed by atoms with van der Waals surface area (Å²) in [6, 6.07) is 9.90. The van der Waals surface area contributed by atoms with E-state index in [1.165, 1.54) is 5.56 Å². The van der Waals surface area contributed by atoms with E-state index < -0.39 is 0 Å². The topological polar surface area (TPSA) is 65.8 Å². The van der Waals surface area contributed by atoms with Gasteiger partial charge in [0.25, 0.3) is 5.91 Å². The van der Waals surface area contributed by atoms with E-state index in [0.29, 0.717) is 25.3 Å². The van der Waals surface area contributed by atoms with Crippen molar-refractivity contribution in [2.24, 2.45) is 0 Å². The molecule has 136 valence electrons. The quantitative estimate of drug-likeness (QED) is 0.682. The number of carbonyl (C=O) groups is 1. The van der Waals surface area contributed by atoms with Gasteiger partial charge in [-0.3, -0.25) is 9.69 Å². The number of morpholine rings is 1. The second-order valence-corrected chi connectivity index (χ2v) is 6.03. The maximum Gasteiger partial charge on any atom is 0.260 e. The van der Waals surface area contributed by atoms with E-state index in [4.69, 9.17) is 14.7 Å². The van der Waals surface area contributed by atoms with Crippen LogP contribution in [0.1, 0.15) is 18.9 Å². The number of aryl methyl sites for hydroxylation is 1. The van der Waals surface area contributed by atoms with Gasteiger partial charge in [-0.15, -0.1) is 0 Å².